The van der Waals surface area contributed by atoms with E-state index in [1.807, 2.05) is 19.9 Å². The number of aliphatic hydroxyl groups excluding tert-OH is 4. The molecule has 11 nitrogen and oxygen atoms in total. The Balaban J connectivity index is 1.81. The van der Waals surface area contributed by atoms with E-state index >= 15 is 0 Å². The zero-order valence-corrected chi connectivity index (χ0v) is 21.0. The van der Waals surface area contributed by atoms with Gasteiger partial charge in [-0.25, -0.2) is 0 Å². The number of phenolic OH excluding ortho intramolecular Hbond substituents is 2. The van der Waals surface area contributed by atoms with E-state index in [1.165, 1.54) is 31.4 Å². The number of ether oxygens (including phenoxy) is 3. The molecule has 11 heteroatoms. The first-order valence-electron chi connectivity index (χ1n) is 11.9. The molecule has 0 amide bonds. The number of methoxy groups -OCH3 is 1. The van der Waals surface area contributed by atoms with E-state index in [0.29, 0.717) is 12.0 Å². The van der Waals surface area contributed by atoms with Crippen molar-refractivity contribution in [3.8, 4) is 34.3 Å². The number of aliphatic hydroxyl groups is 4. The van der Waals surface area contributed by atoms with Crippen molar-refractivity contribution in [2.45, 2.75) is 51.0 Å². The van der Waals surface area contributed by atoms with E-state index in [9.17, 15) is 35.4 Å². The van der Waals surface area contributed by atoms with Crippen LogP contribution in [0.1, 0.15) is 19.4 Å². The lowest BCUT2D eigenvalue weighted by molar-refractivity contribution is -0.277. The van der Waals surface area contributed by atoms with E-state index in [-0.39, 0.29) is 45.3 Å². The van der Waals surface area contributed by atoms with Gasteiger partial charge in [-0.05, 0) is 44.0 Å². The summed E-state index contributed by atoms with van der Waals surface area (Å²) >= 11 is 0. The lowest BCUT2D eigenvalue weighted by Crippen LogP contribution is -2.60. The van der Waals surface area contributed by atoms with E-state index < -0.39 is 42.7 Å². The highest BCUT2D eigenvalue weighted by Gasteiger charge is 2.45. The smallest absolute Gasteiger partial charge is 0.229 e. The SMILES string of the molecule is COc1c(O)cc(-c2cc(=O)c3cc(CC=C(C)C)c(O[C@@H]4O[C@H](CO)[C@@H](O)[C@H](O)[C@H]4O)cc3o2)cc1O. The molecule has 4 rings (SSSR count). The minimum atomic E-state index is -1.64. The fourth-order valence-corrected chi connectivity index (χ4v) is 4.19. The van der Waals surface area contributed by atoms with E-state index in [0.717, 1.165) is 5.57 Å². The lowest BCUT2D eigenvalue weighted by Gasteiger charge is -2.39. The first-order valence-corrected chi connectivity index (χ1v) is 11.9. The Hall–Kier alpha value is -3.61. The minimum Gasteiger partial charge on any atom is -0.504 e. The number of hydrogen-bond donors (Lipinski definition) is 6. The van der Waals surface area contributed by atoms with Gasteiger partial charge in [0.25, 0.3) is 0 Å². The first-order chi connectivity index (χ1) is 18.0. The Bertz CT molecular complexity index is 1380. The maximum atomic E-state index is 13.1. The molecule has 0 saturated carbocycles. The van der Waals surface area contributed by atoms with Crippen molar-refractivity contribution in [3.05, 3.63) is 57.8 Å². The van der Waals surface area contributed by atoms with Crippen LogP contribution in [0.3, 0.4) is 0 Å². The molecule has 0 spiro atoms. The van der Waals surface area contributed by atoms with Gasteiger partial charge in [0, 0.05) is 17.7 Å². The molecule has 0 unspecified atom stereocenters. The first kappa shape index (κ1) is 27.4. The van der Waals surface area contributed by atoms with Gasteiger partial charge < -0.3 is 49.3 Å². The standard InChI is InChI=1S/C27H30O11/c1-12(2)4-5-13-6-15-16(29)9-19(14-7-17(30)26(35-3)18(31)8-14)36-21(15)10-20(13)37-27-25(34)24(33)23(32)22(11-28)38-27/h4,6-10,22-25,27-28,30-34H,5,11H2,1-3H3/t22-,23-,24+,25-,27-/m1/s1. The molecule has 204 valence electrons. The van der Waals surface area contributed by atoms with Gasteiger partial charge in [0.15, 0.2) is 16.9 Å². The van der Waals surface area contributed by atoms with Crippen LogP contribution < -0.4 is 14.9 Å². The van der Waals surface area contributed by atoms with Crippen LogP contribution in [-0.2, 0) is 11.2 Å². The van der Waals surface area contributed by atoms with Gasteiger partial charge in [0.2, 0.25) is 12.0 Å². The van der Waals surface area contributed by atoms with Gasteiger partial charge >= 0.3 is 0 Å². The average Bonchev–Trinajstić information content (AvgIpc) is 2.87. The molecule has 0 aliphatic carbocycles. The Morgan fingerprint density at radius 3 is 2.29 bits per heavy atom. The molecular weight excluding hydrogens is 500 g/mol. The third-order valence-corrected chi connectivity index (χ3v) is 6.27. The normalized spacial score (nSPS) is 23.3. The summed E-state index contributed by atoms with van der Waals surface area (Å²) in [5.41, 5.74) is 1.47. The summed E-state index contributed by atoms with van der Waals surface area (Å²) in [4.78, 5) is 13.1. The summed E-state index contributed by atoms with van der Waals surface area (Å²) in [6, 6.07) is 6.78. The molecule has 38 heavy (non-hydrogen) atoms. The van der Waals surface area contributed by atoms with Gasteiger partial charge in [0.05, 0.1) is 19.1 Å². The van der Waals surface area contributed by atoms with Crippen molar-refractivity contribution in [2.24, 2.45) is 0 Å². The number of aromatic hydroxyl groups is 2. The van der Waals surface area contributed by atoms with E-state index in [2.05, 4.69) is 0 Å². The van der Waals surface area contributed by atoms with Gasteiger partial charge in [0.1, 0.15) is 41.5 Å². The molecule has 1 aromatic heterocycles. The summed E-state index contributed by atoms with van der Waals surface area (Å²) in [7, 11) is 1.29. The molecule has 1 saturated heterocycles. The lowest BCUT2D eigenvalue weighted by atomic mass is 9.99. The zero-order valence-electron chi connectivity index (χ0n) is 21.0. The van der Waals surface area contributed by atoms with Crippen LogP contribution in [0.5, 0.6) is 23.0 Å². The monoisotopic (exact) mass is 530 g/mol. The predicted octanol–water partition coefficient (Wildman–Crippen LogP) is 1.57. The van der Waals surface area contributed by atoms with Crippen LogP contribution in [0.4, 0.5) is 0 Å². The highest BCUT2D eigenvalue weighted by molar-refractivity contribution is 5.82. The zero-order chi connectivity index (χ0) is 27.7. The summed E-state index contributed by atoms with van der Waals surface area (Å²) in [5.74, 6) is -0.620. The molecular formula is C27H30O11. The van der Waals surface area contributed by atoms with Crippen LogP contribution in [0.15, 0.2) is 51.2 Å². The number of rotatable bonds is 7. The fraction of sp³-hybridized carbons (Fsp3) is 0.370. The van der Waals surface area contributed by atoms with Crippen molar-refractivity contribution in [2.75, 3.05) is 13.7 Å². The summed E-state index contributed by atoms with van der Waals surface area (Å²) in [6.07, 6.45) is -5.17. The molecule has 2 heterocycles. The highest BCUT2D eigenvalue weighted by Crippen LogP contribution is 2.40. The molecule has 1 aliphatic rings. The molecule has 1 aliphatic heterocycles. The van der Waals surface area contributed by atoms with Crippen LogP contribution in [-0.4, -0.2) is 75.1 Å². The quantitative estimate of drug-likeness (QED) is 0.244. The molecule has 6 N–H and O–H groups in total. The second-order valence-corrected chi connectivity index (χ2v) is 9.28. The average molecular weight is 531 g/mol. The Morgan fingerprint density at radius 2 is 1.68 bits per heavy atom. The third kappa shape index (κ3) is 5.33. The second kappa shape index (κ2) is 11.0. The Kier molecular flexibility index (Phi) is 7.95. The topological polar surface area (TPSA) is 179 Å². The number of benzene rings is 2. The third-order valence-electron chi connectivity index (χ3n) is 6.27. The molecule has 3 aromatic rings. The Labute approximate surface area is 217 Å². The number of fused-ring (bicyclic) bond motifs is 1. The van der Waals surface area contributed by atoms with Gasteiger partial charge in [-0.15, -0.1) is 0 Å². The van der Waals surface area contributed by atoms with Crippen molar-refractivity contribution < 1.29 is 49.3 Å². The second-order valence-electron chi connectivity index (χ2n) is 9.28. The maximum absolute atomic E-state index is 13.1. The van der Waals surface area contributed by atoms with Gasteiger partial charge in [-0.1, -0.05) is 11.6 Å². The van der Waals surface area contributed by atoms with Crippen LogP contribution >= 0.6 is 0 Å². The van der Waals surface area contributed by atoms with E-state index in [4.69, 9.17) is 18.6 Å². The maximum Gasteiger partial charge on any atom is 0.229 e. The van der Waals surface area contributed by atoms with Crippen LogP contribution in [0.2, 0.25) is 0 Å². The van der Waals surface area contributed by atoms with Gasteiger partial charge in [-0.2, -0.15) is 0 Å². The largest absolute Gasteiger partial charge is 0.504 e. The van der Waals surface area contributed by atoms with Crippen molar-refractivity contribution in [1.82, 2.24) is 0 Å². The van der Waals surface area contributed by atoms with Crippen molar-refractivity contribution in [3.63, 3.8) is 0 Å². The highest BCUT2D eigenvalue weighted by atomic mass is 16.7. The summed E-state index contributed by atoms with van der Waals surface area (Å²) < 4.78 is 22.3. The fourth-order valence-electron chi connectivity index (χ4n) is 4.19. The van der Waals surface area contributed by atoms with Crippen LogP contribution in [0.25, 0.3) is 22.3 Å². The number of phenols is 2. The Morgan fingerprint density at radius 1 is 1.00 bits per heavy atom. The van der Waals surface area contributed by atoms with Crippen molar-refractivity contribution in [1.29, 1.82) is 0 Å². The minimum absolute atomic E-state index is 0.0478. The van der Waals surface area contributed by atoms with Crippen molar-refractivity contribution >= 4 is 11.0 Å². The van der Waals surface area contributed by atoms with E-state index in [1.54, 1.807) is 6.07 Å². The van der Waals surface area contributed by atoms with Crippen LogP contribution in [0, 0.1) is 0 Å². The summed E-state index contributed by atoms with van der Waals surface area (Å²) in [5, 5.41) is 60.7. The molecule has 5 atom stereocenters. The molecule has 2 aromatic carbocycles. The predicted molar refractivity (Wildman–Crippen MR) is 135 cm³/mol. The summed E-state index contributed by atoms with van der Waals surface area (Å²) in [6.45, 7) is 3.19. The molecule has 1 fully saturated rings. The number of allylic oxidation sites excluding steroid dienone is 2. The van der Waals surface area contributed by atoms with Gasteiger partial charge in [-0.3, -0.25) is 4.79 Å². The molecule has 0 radical (unpaired) electrons. The number of hydrogen-bond acceptors (Lipinski definition) is 11. The molecule has 0 bridgehead atoms.